The molecule has 0 bridgehead atoms. The zero-order chi connectivity index (χ0) is 14.8. The Labute approximate surface area is 122 Å². The zero-order valence-corrected chi connectivity index (χ0v) is 12.2. The number of nitrogen functional groups attached to an aromatic ring is 1. The van der Waals surface area contributed by atoms with E-state index < -0.39 is 10.0 Å². The van der Waals surface area contributed by atoms with Gasteiger partial charge in [0.25, 0.3) is 0 Å². The van der Waals surface area contributed by atoms with Crippen LogP contribution in [-0.4, -0.2) is 18.4 Å². The molecule has 6 nitrogen and oxygen atoms in total. The molecule has 0 saturated heterocycles. The van der Waals surface area contributed by atoms with Crippen molar-refractivity contribution in [3.63, 3.8) is 0 Å². The van der Waals surface area contributed by atoms with E-state index in [4.69, 9.17) is 17.3 Å². The summed E-state index contributed by atoms with van der Waals surface area (Å²) in [6.07, 6.45) is 1.57. The molecule has 0 spiro atoms. The highest BCUT2D eigenvalue weighted by Gasteiger charge is 2.17. The normalized spacial score (nSPS) is 11.5. The number of nitrogens with one attached hydrogen (secondary N) is 1. The molecule has 8 heteroatoms. The fourth-order valence-corrected chi connectivity index (χ4v) is 2.98. The minimum Gasteiger partial charge on any atom is -0.398 e. The Morgan fingerprint density at radius 2 is 2.10 bits per heavy atom. The largest absolute Gasteiger partial charge is 0.398 e. The van der Waals surface area contributed by atoms with Gasteiger partial charge in [-0.1, -0.05) is 11.6 Å². The lowest BCUT2D eigenvalue weighted by Crippen LogP contribution is -2.24. The quantitative estimate of drug-likeness (QED) is 0.834. The number of nitrogens with zero attached hydrogens (tertiary/aromatic N) is 2. The standard InChI is InChI=1S/C12H13ClN4O2S/c1-8-15-5-4-10(17-8)7-16-20(18,19)12-6-9(13)2-3-11(12)14/h2-6,16H,7,14H2,1H3. The van der Waals surface area contributed by atoms with Crippen LogP contribution in [0.25, 0.3) is 0 Å². The summed E-state index contributed by atoms with van der Waals surface area (Å²) in [5.41, 5.74) is 6.38. The Bertz CT molecular complexity index is 734. The predicted octanol–water partition coefficient (Wildman–Crippen LogP) is 1.50. The molecule has 3 N–H and O–H groups in total. The number of hydrogen-bond acceptors (Lipinski definition) is 5. The molecule has 1 heterocycles. The molecule has 0 saturated carbocycles. The molecule has 0 amide bonds. The van der Waals surface area contributed by atoms with Crippen LogP contribution in [0.15, 0.2) is 35.4 Å². The minimum atomic E-state index is -3.74. The van der Waals surface area contributed by atoms with Gasteiger partial charge in [-0.3, -0.25) is 0 Å². The van der Waals surface area contributed by atoms with Gasteiger partial charge in [0.1, 0.15) is 10.7 Å². The highest BCUT2D eigenvalue weighted by Crippen LogP contribution is 2.22. The summed E-state index contributed by atoms with van der Waals surface area (Å²) in [5.74, 6) is 0.573. The average molecular weight is 313 g/mol. The second kappa shape index (κ2) is 5.74. The van der Waals surface area contributed by atoms with Crippen molar-refractivity contribution >= 4 is 27.3 Å². The SMILES string of the molecule is Cc1nccc(CNS(=O)(=O)c2cc(Cl)ccc2N)n1. The van der Waals surface area contributed by atoms with E-state index in [0.717, 1.165) is 0 Å². The first-order valence-corrected chi connectivity index (χ1v) is 7.58. The molecule has 0 aliphatic rings. The highest BCUT2D eigenvalue weighted by molar-refractivity contribution is 7.89. The molecule has 1 aromatic heterocycles. The van der Waals surface area contributed by atoms with Crippen LogP contribution in [0.3, 0.4) is 0 Å². The lowest BCUT2D eigenvalue weighted by atomic mass is 10.3. The van der Waals surface area contributed by atoms with Gasteiger partial charge in [-0.2, -0.15) is 0 Å². The molecular weight excluding hydrogens is 300 g/mol. The first kappa shape index (κ1) is 14.7. The zero-order valence-electron chi connectivity index (χ0n) is 10.7. The number of aromatic nitrogens is 2. The van der Waals surface area contributed by atoms with Crippen LogP contribution in [0.5, 0.6) is 0 Å². The summed E-state index contributed by atoms with van der Waals surface area (Å²) in [6.45, 7) is 1.78. The maximum absolute atomic E-state index is 12.2. The van der Waals surface area contributed by atoms with Crippen molar-refractivity contribution in [1.29, 1.82) is 0 Å². The van der Waals surface area contributed by atoms with Gasteiger partial charge in [-0.05, 0) is 31.2 Å². The second-order valence-electron chi connectivity index (χ2n) is 4.10. The van der Waals surface area contributed by atoms with E-state index in [-0.39, 0.29) is 17.1 Å². The second-order valence-corrected chi connectivity index (χ2v) is 6.27. The molecule has 2 rings (SSSR count). The number of sulfonamides is 1. The number of rotatable bonds is 4. The van der Waals surface area contributed by atoms with Gasteiger partial charge in [-0.25, -0.2) is 23.1 Å². The Balaban J connectivity index is 2.21. The summed E-state index contributed by atoms with van der Waals surface area (Å²) < 4.78 is 26.8. The first-order chi connectivity index (χ1) is 9.38. The average Bonchev–Trinajstić information content (AvgIpc) is 2.39. The number of hydrogen-bond donors (Lipinski definition) is 2. The van der Waals surface area contributed by atoms with Gasteiger partial charge in [0, 0.05) is 11.2 Å². The molecule has 0 aliphatic carbocycles. The van der Waals surface area contributed by atoms with Crippen molar-refractivity contribution in [2.75, 3.05) is 5.73 Å². The van der Waals surface area contributed by atoms with Crippen molar-refractivity contribution in [3.05, 3.63) is 47.0 Å². The van der Waals surface area contributed by atoms with Crippen molar-refractivity contribution in [2.45, 2.75) is 18.4 Å². The van der Waals surface area contributed by atoms with Crippen LogP contribution < -0.4 is 10.5 Å². The summed E-state index contributed by atoms with van der Waals surface area (Å²) in [6, 6.07) is 5.93. The van der Waals surface area contributed by atoms with Crippen molar-refractivity contribution in [3.8, 4) is 0 Å². The number of nitrogens with two attached hydrogens (primary N) is 1. The Morgan fingerprint density at radius 3 is 2.80 bits per heavy atom. The lowest BCUT2D eigenvalue weighted by Gasteiger charge is -2.09. The lowest BCUT2D eigenvalue weighted by molar-refractivity contribution is 0.580. The van der Waals surface area contributed by atoms with Gasteiger partial charge in [-0.15, -0.1) is 0 Å². The molecule has 106 valence electrons. The fraction of sp³-hybridized carbons (Fsp3) is 0.167. The Morgan fingerprint density at radius 1 is 1.35 bits per heavy atom. The highest BCUT2D eigenvalue weighted by atomic mass is 35.5. The summed E-state index contributed by atoms with van der Waals surface area (Å²) in [7, 11) is -3.74. The van der Waals surface area contributed by atoms with Crippen molar-refractivity contribution in [1.82, 2.24) is 14.7 Å². The van der Waals surface area contributed by atoms with E-state index in [1.165, 1.54) is 18.2 Å². The van der Waals surface area contributed by atoms with Gasteiger partial charge in [0.15, 0.2) is 0 Å². The third-order valence-corrected chi connectivity index (χ3v) is 4.23. The first-order valence-electron chi connectivity index (χ1n) is 5.72. The van der Waals surface area contributed by atoms with E-state index in [1.54, 1.807) is 19.2 Å². The van der Waals surface area contributed by atoms with Crippen molar-refractivity contribution in [2.24, 2.45) is 0 Å². The number of anilines is 1. The van der Waals surface area contributed by atoms with Gasteiger partial charge < -0.3 is 5.73 Å². The maximum Gasteiger partial charge on any atom is 0.243 e. The topological polar surface area (TPSA) is 98.0 Å². The summed E-state index contributed by atoms with van der Waals surface area (Å²) >= 11 is 5.79. The molecule has 0 atom stereocenters. The van der Waals surface area contributed by atoms with Crippen LogP contribution in [0, 0.1) is 6.92 Å². The van der Waals surface area contributed by atoms with E-state index in [0.29, 0.717) is 16.5 Å². The van der Waals surface area contributed by atoms with Gasteiger partial charge in [0.2, 0.25) is 10.0 Å². The molecule has 0 radical (unpaired) electrons. The summed E-state index contributed by atoms with van der Waals surface area (Å²) in [5, 5.41) is 0.303. The number of halogens is 1. The molecule has 20 heavy (non-hydrogen) atoms. The minimum absolute atomic E-state index is 0.0456. The third kappa shape index (κ3) is 3.44. The fourth-order valence-electron chi connectivity index (χ4n) is 1.59. The number of aryl methyl sites for hydroxylation is 1. The third-order valence-electron chi connectivity index (χ3n) is 2.54. The maximum atomic E-state index is 12.2. The van der Waals surface area contributed by atoms with E-state index in [1.807, 2.05) is 0 Å². The van der Waals surface area contributed by atoms with Gasteiger partial charge >= 0.3 is 0 Å². The van der Waals surface area contributed by atoms with Crippen LogP contribution in [0.4, 0.5) is 5.69 Å². The molecule has 1 aromatic carbocycles. The molecule has 0 fully saturated rings. The predicted molar refractivity (Wildman–Crippen MR) is 76.7 cm³/mol. The van der Waals surface area contributed by atoms with Crippen LogP contribution in [0.1, 0.15) is 11.5 Å². The summed E-state index contributed by atoms with van der Waals surface area (Å²) in [4.78, 5) is 8.01. The van der Waals surface area contributed by atoms with Crippen LogP contribution in [0.2, 0.25) is 5.02 Å². The molecule has 0 aliphatic heterocycles. The van der Waals surface area contributed by atoms with Gasteiger partial charge in [0.05, 0.1) is 17.9 Å². The monoisotopic (exact) mass is 312 g/mol. The molecule has 0 unspecified atom stereocenters. The van der Waals surface area contributed by atoms with E-state index >= 15 is 0 Å². The van der Waals surface area contributed by atoms with E-state index in [9.17, 15) is 8.42 Å². The molecular formula is C12H13ClN4O2S. The Hall–Kier alpha value is -1.70. The van der Waals surface area contributed by atoms with Crippen LogP contribution >= 0.6 is 11.6 Å². The van der Waals surface area contributed by atoms with Crippen LogP contribution in [-0.2, 0) is 16.6 Å². The smallest absolute Gasteiger partial charge is 0.243 e. The molecule has 2 aromatic rings. The van der Waals surface area contributed by atoms with E-state index in [2.05, 4.69) is 14.7 Å². The Kier molecular flexibility index (Phi) is 4.22. The van der Waals surface area contributed by atoms with Crippen molar-refractivity contribution < 1.29 is 8.42 Å². The number of benzene rings is 1.